The monoisotopic (exact) mass is 479 g/mol. The summed E-state index contributed by atoms with van der Waals surface area (Å²) in [6.45, 7) is 3.85. The van der Waals surface area contributed by atoms with Crippen molar-refractivity contribution < 1.29 is 9.53 Å². The van der Waals surface area contributed by atoms with E-state index in [0.29, 0.717) is 30.3 Å². The highest BCUT2D eigenvalue weighted by Gasteiger charge is 2.25. The van der Waals surface area contributed by atoms with E-state index in [1.807, 2.05) is 65.6 Å². The predicted octanol–water partition coefficient (Wildman–Crippen LogP) is 4.85. The Hall–Kier alpha value is -4.23. The number of carbonyl (C=O) groups excluding carboxylic acids is 1. The standard InChI is InChI=1S/C29H29N5O2/c1-36-25-14-8-13-24(19-25)31-28-26(20-30-27(32-28)23-11-6-3-7-12-23)29(35)34-17-15-33(16-18-34)21-22-9-4-2-5-10-22/h2-14,19-20H,15-18,21H2,1H3,(H,30,31,32). The van der Waals surface area contributed by atoms with Gasteiger partial charge in [0.1, 0.15) is 17.1 Å². The molecule has 0 radical (unpaired) electrons. The average molecular weight is 480 g/mol. The Balaban J connectivity index is 1.37. The SMILES string of the molecule is COc1cccc(Nc2nc(-c3ccccc3)ncc2C(=O)N2CCN(Cc3ccccc3)CC2)c1. The number of nitrogens with one attached hydrogen (secondary N) is 1. The number of benzene rings is 3. The number of aromatic nitrogens is 2. The second kappa shape index (κ2) is 11.0. The first kappa shape index (κ1) is 23.5. The minimum Gasteiger partial charge on any atom is -0.497 e. The number of piperazine rings is 1. The van der Waals surface area contributed by atoms with Crippen molar-refractivity contribution in [1.29, 1.82) is 0 Å². The molecule has 1 aliphatic rings. The Kier molecular flexibility index (Phi) is 7.19. The lowest BCUT2D eigenvalue weighted by molar-refractivity contribution is 0.0628. The highest BCUT2D eigenvalue weighted by molar-refractivity contribution is 5.99. The number of hydrogen-bond donors (Lipinski definition) is 1. The van der Waals surface area contributed by atoms with Crippen molar-refractivity contribution in [2.75, 3.05) is 38.6 Å². The van der Waals surface area contributed by atoms with Crippen molar-refractivity contribution in [2.24, 2.45) is 0 Å². The van der Waals surface area contributed by atoms with Crippen LogP contribution >= 0.6 is 0 Å². The zero-order chi connectivity index (χ0) is 24.7. The molecule has 182 valence electrons. The van der Waals surface area contributed by atoms with Gasteiger partial charge >= 0.3 is 0 Å². The summed E-state index contributed by atoms with van der Waals surface area (Å²) in [6, 6.07) is 27.8. The molecule has 0 unspecified atom stereocenters. The molecule has 1 amide bonds. The largest absolute Gasteiger partial charge is 0.497 e. The molecule has 1 saturated heterocycles. The third-order valence-corrected chi connectivity index (χ3v) is 6.29. The normalized spacial score (nSPS) is 13.9. The van der Waals surface area contributed by atoms with Gasteiger partial charge in [0.15, 0.2) is 5.82 Å². The van der Waals surface area contributed by atoms with Crippen LogP contribution in [0.1, 0.15) is 15.9 Å². The highest BCUT2D eigenvalue weighted by atomic mass is 16.5. The van der Waals surface area contributed by atoms with Crippen LogP contribution in [0.2, 0.25) is 0 Å². The Morgan fingerprint density at radius 2 is 1.64 bits per heavy atom. The predicted molar refractivity (Wildman–Crippen MR) is 141 cm³/mol. The summed E-state index contributed by atoms with van der Waals surface area (Å²) in [5.41, 5.74) is 3.41. The van der Waals surface area contributed by atoms with Crippen LogP contribution in [-0.4, -0.2) is 59.0 Å². The quantitative estimate of drug-likeness (QED) is 0.409. The van der Waals surface area contributed by atoms with E-state index in [4.69, 9.17) is 9.72 Å². The topological polar surface area (TPSA) is 70.6 Å². The van der Waals surface area contributed by atoms with E-state index in [1.165, 1.54) is 5.56 Å². The number of carbonyl (C=O) groups is 1. The average Bonchev–Trinajstić information content (AvgIpc) is 2.94. The number of anilines is 2. The first-order chi connectivity index (χ1) is 17.7. The van der Waals surface area contributed by atoms with Gasteiger partial charge in [-0.15, -0.1) is 0 Å². The summed E-state index contributed by atoms with van der Waals surface area (Å²) in [6.07, 6.45) is 1.64. The molecule has 0 aliphatic carbocycles. The molecular formula is C29H29N5O2. The number of nitrogens with zero attached hydrogens (tertiary/aromatic N) is 4. The van der Waals surface area contributed by atoms with E-state index in [9.17, 15) is 4.79 Å². The molecule has 0 saturated carbocycles. The van der Waals surface area contributed by atoms with Crippen LogP contribution in [0.4, 0.5) is 11.5 Å². The van der Waals surface area contributed by atoms with Gasteiger partial charge in [-0.3, -0.25) is 9.69 Å². The molecule has 1 aromatic heterocycles. The van der Waals surface area contributed by atoms with Crippen LogP contribution in [0.3, 0.4) is 0 Å². The first-order valence-electron chi connectivity index (χ1n) is 12.1. The van der Waals surface area contributed by atoms with E-state index in [0.717, 1.165) is 36.6 Å². The lowest BCUT2D eigenvalue weighted by Crippen LogP contribution is -2.48. The third-order valence-electron chi connectivity index (χ3n) is 6.29. The van der Waals surface area contributed by atoms with Crippen LogP contribution in [0, 0.1) is 0 Å². The Morgan fingerprint density at radius 1 is 0.917 bits per heavy atom. The van der Waals surface area contributed by atoms with Crippen LogP contribution < -0.4 is 10.1 Å². The maximum absolute atomic E-state index is 13.6. The molecule has 0 atom stereocenters. The van der Waals surface area contributed by atoms with Crippen molar-refractivity contribution in [2.45, 2.75) is 6.54 Å². The molecule has 7 nitrogen and oxygen atoms in total. The van der Waals surface area contributed by atoms with Crippen molar-refractivity contribution in [3.63, 3.8) is 0 Å². The lowest BCUT2D eigenvalue weighted by atomic mass is 10.1. The summed E-state index contributed by atoms with van der Waals surface area (Å²) < 4.78 is 5.36. The van der Waals surface area contributed by atoms with E-state index in [-0.39, 0.29) is 5.91 Å². The lowest BCUT2D eigenvalue weighted by Gasteiger charge is -2.35. The number of ether oxygens (including phenoxy) is 1. The molecule has 3 aromatic carbocycles. The minimum absolute atomic E-state index is 0.0700. The van der Waals surface area contributed by atoms with E-state index in [2.05, 4.69) is 39.5 Å². The first-order valence-corrected chi connectivity index (χ1v) is 12.1. The van der Waals surface area contributed by atoms with Gasteiger partial charge in [0.2, 0.25) is 0 Å². The van der Waals surface area contributed by atoms with Crippen molar-refractivity contribution in [1.82, 2.24) is 19.8 Å². The fourth-order valence-electron chi connectivity index (χ4n) is 4.32. The Morgan fingerprint density at radius 3 is 2.36 bits per heavy atom. The van der Waals surface area contributed by atoms with Crippen LogP contribution in [0.15, 0.2) is 91.1 Å². The van der Waals surface area contributed by atoms with Gasteiger partial charge in [0.25, 0.3) is 5.91 Å². The fourth-order valence-corrected chi connectivity index (χ4v) is 4.32. The van der Waals surface area contributed by atoms with Crippen LogP contribution in [0.25, 0.3) is 11.4 Å². The molecular weight excluding hydrogens is 450 g/mol. The third kappa shape index (κ3) is 5.53. The molecule has 1 aliphatic heterocycles. The Bertz CT molecular complexity index is 1310. The van der Waals surface area contributed by atoms with Gasteiger partial charge in [-0.05, 0) is 17.7 Å². The smallest absolute Gasteiger partial charge is 0.259 e. The molecule has 1 N–H and O–H groups in total. The highest BCUT2D eigenvalue weighted by Crippen LogP contribution is 2.26. The maximum atomic E-state index is 13.6. The van der Waals surface area contributed by atoms with Gasteiger partial charge in [0.05, 0.1) is 7.11 Å². The number of amides is 1. The zero-order valence-electron chi connectivity index (χ0n) is 20.3. The van der Waals surface area contributed by atoms with Crippen LogP contribution in [-0.2, 0) is 6.54 Å². The molecule has 7 heteroatoms. The van der Waals surface area contributed by atoms with Gasteiger partial charge in [-0.1, -0.05) is 66.7 Å². The van der Waals surface area contributed by atoms with Gasteiger partial charge in [-0.25, -0.2) is 9.97 Å². The molecule has 0 spiro atoms. The van der Waals surface area contributed by atoms with E-state index < -0.39 is 0 Å². The summed E-state index contributed by atoms with van der Waals surface area (Å²) in [7, 11) is 1.63. The fraction of sp³-hybridized carbons (Fsp3) is 0.207. The molecule has 36 heavy (non-hydrogen) atoms. The second-order valence-electron chi connectivity index (χ2n) is 8.73. The van der Waals surface area contributed by atoms with E-state index >= 15 is 0 Å². The van der Waals surface area contributed by atoms with Crippen molar-refractivity contribution >= 4 is 17.4 Å². The van der Waals surface area contributed by atoms with Gasteiger partial charge in [0, 0.05) is 56.2 Å². The Labute approximate surface area is 211 Å². The molecule has 0 bridgehead atoms. The zero-order valence-corrected chi connectivity index (χ0v) is 20.3. The van der Waals surface area contributed by atoms with Crippen LogP contribution in [0.5, 0.6) is 5.75 Å². The van der Waals surface area contributed by atoms with Gasteiger partial charge in [-0.2, -0.15) is 0 Å². The van der Waals surface area contributed by atoms with Gasteiger partial charge < -0.3 is 15.0 Å². The molecule has 4 aromatic rings. The number of methoxy groups -OCH3 is 1. The summed E-state index contributed by atoms with van der Waals surface area (Å²) in [5.74, 6) is 1.69. The number of rotatable bonds is 7. The molecule has 5 rings (SSSR count). The van der Waals surface area contributed by atoms with E-state index in [1.54, 1.807) is 13.3 Å². The summed E-state index contributed by atoms with van der Waals surface area (Å²) in [4.78, 5) is 27.2. The summed E-state index contributed by atoms with van der Waals surface area (Å²) >= 11 is 0. The molecule has 2 heterocycles. The summed E-state index contributed by atoms with van der Waals surface area (Å²) in [5, 5.41) is 3.33. The number of hydrogen-bond acceptors (Lipinski definition) is 6. The van der Waals surface area contributed by atoms with Crippen molar-refractivity contribution in [3.8, 4) is 17.1 Å². The molecule has 1 fully saturated rings. The van der Waals surface area contributed by atoms with Crippen molar-refractivity contribution in [3.05, 3.63) is 102 Å². The maximum Gasteiger partial charge on any atom is 0.259 e. The second-order valence-corrected chi connectivity index (χ2v) is 8.73. The minimum atomic E-state index is -0.0700.